The number of rotatable bonds is 7. The maximum Gasteiger partial charge on any atom is 0.413 e. The highest BCUT2D eigenvalue weighted by atomic mass is 19.4. The van der Waals surface area contributed by atoms with Crippen LogP contribution < -0.4 is 21.6 Å². The second kappa shape index (κ2) is 11.1. The van der Waals surface area contributed by atoms with Crippen LogP contribution in [-0.4, -0.2) is 33.2 Å². The minimum atomic E-state index is -4.45. The van der Waals surface area contributed by atoms with Crippen LogP contribution in [0.1, 0.15) is 62.0 Å². The molecule has 46 heavy (non-hydrogen) atoms. The van der Waals surface area contributed by atoms with Crippen LogP contribution in [0.2, 0.25) is 0 Å². The van der Waals surface area contributed by atoms with Crippen molar-refractivity contribution in [2.24, 2.45) is 5.41 Å². The molecule has 0 saturated heterocycles. The molecular formula is C33H29F3N10. The van der Waals surface area contributed by atoms with Crippen LogP contribution in [0, 0.1) is 39.4 Å². The molecule has 3 heterocycles. The van der Waals surface area contributed by atoms with E-state index >= 15 is 0 Å². The molecule has 0 spiro atoms. The van der Waals surface area contributed by atoms with Gasteiger partial charge in [0, 0.05) is 41.6 Å². The minimum absolute atomic E-state index is 0.0483. The van der Waals surface area contributed by atoms with Gasteiger partial charge >= 0.3 is 6.18 Å². The summed E-state index contributed by atoms with van der Waals surface area (Å²) in [5.41, 5.74) is 6.65. The molecule has 1 saturated carbocycles. The summed E-state index contributed by atoms with van der Waals surface area (Å²) in [5.74, 6) is 0. The first kappa shape index (κ1) is 30.4. The van der Waals surface area contributed by atoms with Crippen LogP contribution in [0.3, 0.4) is 0 Å². The van der Waals surface area contributed by atoms with Gasteiger partial charge in [-0.25, -0.2) is 4.98 Å². The second-order valence-corrected chi connectivity index (χ2v) is 12.7. The number of aromatic nitrogens is 2. The molecule has 4 aromatic rings. The zero-order valence-corrected chi connectivity index (χ0v) is 25.2. The number of alkyl halides is 3. The van der Waals surface area contributed by atoms with E-state index in [4.69, 9.17) is 0 Å². The molecule has 10 nitrogen and oxygen atoms in total. The molecule has 2 aromatic heterocycles. The topological polar surface area (TPSA) is 149 Å². The van der Waals surface area contributed by atoms with Crippen LogP contribution in [0.15, 0.2) is 60.7 Å². The summed E-state index contributed by atoms with van der Waals surface area (Å²) in [5, 5.41) is 39.4. The first-order chi connectivity index (χ1) is 21.9. The molecule has 6 rings (SSSR count). The SMILES string of the molecule is CC(C)(C)CNc1c(C#N)cnc2c(C#N)cc(N[C@H](C3=CN(C4(C(F)(F)F)CC4)NN3)c3cccc4cnc(C#N)cc34)cc12. The summed E-state index contributed by atoms with van der Waals surface area (Å²) < 4.78 is 42.1. The van der Waals surface area contributed by atoms with Gasteiger partial charge in [-0.2, -0.15) is 29.0 Å². The van der Waals surface area contributed by atoms with Crippen molar-refractivity contribution in [2.45, 2.75) is 51.4 Å². The Hall–Kier alpha value is -5.58. The van der Waals surface area contributed by atoms with Gasteiger partial charge in [-0.05, 0) is 47.4 Å². The fourth-order valence-electron chi connectivity index (χ4n) is 5.58. The van der Waals surface area contributed by atoms with Crippen LogP contribution in [0.4, 0.5) is 24.5 Å². The summed E-state index contributed by atoms with van der Waals surface area (Å²) in [4.78, 5) is 8.58. The molecule has 2 aliphatic rings. The van der Waals surface area contributed by atoms with E-state index in [-0.39, 0.29) is 29.5 Å². The van der Waals surface area contributed by atoms with Crippen LogP contribution in [0.25, 0.3) is 21.7 Å². The number of fused-ring (bicyclic) bond motifs is 2. The molecular weight excluding hydrogens is 593 g/mol. The van der Waals surface area contributed by atoms with Crippen molar-refractivity contribution in [1.82, 2.24) is 25.9 Å². The van der Waals surface area contributed by atoms with Gasteiger partial charge in [0.25, 0.3) is 0 Å². The third-order valence-electron chi connectivity index (χ3n) is 8.15. The van der Waals surface area contributed by atoms with Gasteiger partial charge in [0.15, 0.2) is 5.54 Å². The Kier molecular flexibility index (Phi) is 7.34. The maximum atomic E-state index is 14.0. The Labute approximate surface area is 263 Å². The number of hydrogen-bond donors (Lipinski definition) is 4. The molecule has 1 aliphatic carbocycles. The number of nitrogens with zero attached hydrogens (tertiary/aromatic N) is 6. The minimum Gasteiger partial charge on any atom is -0.383 e. The average molecular weight is 623 g/mol. The zero-order valence-electron chi connectivity index (χ0n) is 25.2. The van der Waals surface area contributed by atoms with Gasteiger partial charge in [-0.1, -0.05) is 39.0 Å². The molecule has 232 valence electrons. The fourth-order valence-corrected chi connectivity index (χ4v) is 5.58. The highest BCUT2D eigenvalue weighted by Gasteiger charge is 2.67. The summed E-state index contributed by atoms with van der Waals surface area (Å²) in [6.07, 6.45) is -0.138. The Morgan fingerprint density at radius 2 is 1.74 bits per heavy atom. The van der Waals surface area contributed by atoms with Crippen molar-refractivity contribution in [3.8, 4) is 18.2 Å². The molecule has 0 unspecified atom stereocenters. The van der Waals surface area contributed by atoms with Crippen LogP contribution >= 0.6 is 0 Å². The van der Waals surface area contributed by atoms with Crippen LogP contribution in [0.5, 0.6) is 0 Å². The Morgan fingerprint density at radius 1 is 0.978 bits per heavy atom. The van der Waals surface area contributed by atoms with Gasteiger partial charge < -0.3 is 16.1 Å². The molecule has 0 radical (unpaired) electrons. The summed E-state index contributed by atoms with van der Waals surface area (Å²) in [6, 6.07) is 16.1. The first-order valence-electron chi connectivity index (χ1n) is 14.5. The number of nitrogens with one attached hydrogen (secondary N) is 4. The van der Waals surface area contributed by atoms with Crippen molar-refractivity contribution in [2.75, 3.05) is 17.2 Å². The highest BCUT2D eigenvalue weighted by molar-refractivity contribution is 5.99. The maximum absolute atomic E-state index is 14.0. The van der Waals surface area contributed by atoms with E-state index in [1.807, 2.05) is 18.2 Å². The van der Waals surface area contributed by atoms with Gasteiger partial charge in [-0.3, -0.25) is 9.99 Å². The molecule has 1 atom stereocenters. The number of pyridine rings is 2. The standard InChI is InChI=1S/C33H29F3N10/c1-31(2,3)18-42-29-21(13-38)16-41-28-20(12-37)9-22(10-26(28)29)43-30(24-6-4-5-19-15-40-23(14-39)11-25(19)24)27-17-46(45-44-27)32(7-8-32)33(34,35)36/h4-6,9-11,15-17,30,43-45H,7-8,18H2,1-3H3,(H,41,42)/t30-/m0/s1. The third-order valence-corrected chi connectivity index (χ3v) is 8.15. The Balaban J connectivity index is 1.51. The van der Waals surface area contributed by atoms with Crippen molar-refractivity contribution in [3.05, 3.63) is 83.1 Å². The first-order valence-corrected chi connectivity index (χ1v) is 14.5. The molecule has 1 fully saturated rings. The van der Waals surface area contributed by atoms with E-state index in [9.17, 15) is 29.0 Å². The Morgan fingerprint density at radius 3 is 2.39 bits per heavy atom. The van der Waals surface area contributed by atoms with Gasteiger partial charge in [0.2, 0.25) is 0 Å². The van der Waals surface area contributed by atoms with Crippen molar-refractivity contribution in [3.63, 3.8) is 0 Å². The molecule has 2 aromatic carbocycles. The molecule has 4 N–H and O–H groups in total. The van der Waals surface area contributed by atoms with E-state index in [0.29, 0.717) is 51.0 Å². The normalized spacial score (nSPS) is 16.2. The van der Waals surface area contributed by atoms with Gasteiger partial charge in [-0.15, -0.1) is 5.53 Å². The smallest absolute Gasteiger partial charge is 0.383 e. The molecule has 1 aliphatic heterocycles. The van der Waals surface area contributed by atoms with Gasteiger partial charge in [0.1, 0.15) is 23.9 Å². The Bertz CT molecular complexity index is 2020. The lowest BCUT2D eigenvalue weighted by molar-refractivity contribution is -0.195. The van der Waals surface area contributed by atoms with E-state index in [2.05, 4.69) is 64.5 Å². The second-order valence-electron chi connectivity index (χ2n) is 12.7. The predicted octanol–water partition coefficient (Wildman–Crippen LogP) is 6.27. The number of anilines is 2. The van der Waals surface area contributed by atoms with E-state index < -0.39 is 17.8 Å². The lowest BCUT2D eigenvalue weighted by atomic mass is 9.95. The quantitative estimate of drug-likeness (QED) is 0.186. The monoisotopic (exact) mass is 622 g/mol. The lowest BCUT2D eigenvalue weighted by Crippen LogP contribution is -2.52. The number of hydrogen-bond acceptors (Lipinski definition) is 10. The largest absolute Gasteiger partial charge is 0.413 e. The predicted molar refractivity (Wildman–Crippen MR) is 166 cm³/mol. The van der Waals surface area contributed by atoms with Crippen molar-refractivity contribution >= 4 is 33.1 Å². The van der Waals surface area contributed by atoms with Crippen LogP contribution in [-0.2, 0) is 0 Å². The molecule has 13 heteroatoms. The van der Waals surface area contributed by atoms with Gasteiger partial charge in [0.05, 0.1) is 34.1 Å². The summed E-state index contributed by atoms with van der Waals surface area (Å²) >= 11 is 0. The van der Waals surface area contributed by atoms with Crippen molar-refractivity contribution < 1.29 is 13.2 Å². The van der Waals surface area contributed by atoms with Crippen molar-refractivity contribution in [1.29, 1.82) is 15.8 Å². The summed E-state index contributed by atoms with van der Waals surface area (Å²) in [7, 11) is 0. The summed E-state index contributed by atoms with van der Waals surface area (Å²) in [6.45, 7) is 6.69. The average Bonchev–Trinajstić information content (AvgIpc) is 3.72. The lowest BCUT2D eigenvalue weighted by Gasteiger charge is -2.28. The molecule has 0 amide bonds. The zero-order chi connectivity index (χ0) is 32.9. The number of hydrazine groups is 2. The van der Waals surface area contributed by atoms with E-state index in [1.54, 1.807) is 30.5 Å². The van der Waals surface area contributed by atoms with E-state index in [1.165, 1.54) is 12.4 Å². The van der Waals surface area contributed by atoms with E-state index in [0.717, 1.165) is 10.4 Å². The highest BCUT2D eigenvalue weighted by Crippen LogP contribution is 2.54. The fraction of sp³-hybridized carbons (Fsp3) is 0.303. The number of nitriles is 3. The molecule has 0 bridgehead atoms. The third kappa shape index (κ3) is 5.44. The number of halogens is 3. The number of benzene rings is 2.